The number of nitrogens with zero attached hydrogens (tertiary/aromatic N) is 2. The molecule has 4 atom stereocenters. The fraction of sp³-hybridized carbons (Fsp3) is 0.571. The van der Waals surface area contributed by atoms with Crippen molar-refractivity contribution in [2.45, 2.75) is 44.2 Å². The van der Waals surface area contributed by atoms with Crippen LogP contribution in [-0.2, 0) is 14.2 Å². The van der Waals surface area contributed by atoms with Gasteiger partial charge in [0.15, 0.2) is 17.7 Å². The average molecular weight is 307 g/mol. The van der Waals surface area contributed by atoms with Gasteiger partial charge in [0.1, 0.15) is 24.0 Å². The van der Waals surface area contributed by atoms with Gasteiger partial charge >= 0.3 is 0 Å². The Morgan fingerprint density at radius 3 is 2.82 bits per heavy atom. The molecule has 2 aliphatic heterocycles. The third-order valence-electron chi connectivity index (χ3n) is 3.74. The molecule has 22 heavy (non-hydrogen) atoms. The van der Waals surface area contributed by atoms with E-state index < -0.39 is 36.2 Å². The number of imidazole rings is 1. The summed E-state index contributed by atoms with van der Waals surface area (Å²) in [5.41, 5.74) is 5.46. The van der Waals surface area contributed by atoms with Crippen molar-refractivity contribution in [1.82, 2.24) is 9.55 Å². The smallest absolute Gasteiger partial charge is 0.270 e. The molecule has 1 amide bonds. The van der Waals surface area contributed by atoms with Gasteiger partial charge in [0.05, 0.1) is 12.9 Å². The molecule has 2 aliphatic rings. The lowest BCUT2D eigenvalue weighted by Crippen LogP contribution is -2.31. The minimum Gasteiger partial charge on any atom is -0.394 e. The van der Waals surface area contributed by atoms with Gasteiger partial charge in [-0.1, -0.05) is 0 Å². The number of aliphatic hydroxyl groups excluding tert-OH is 1. The van der Waals surface area contributed by atoms with Crippen molar-refractivity contribution in [2.75, 3.05) is 6.61 Å². The highest BCUT2D eigenvalue weighted by molar-refractivity contribution is 5.93. The topological polar surface area (TPSA) is 109 Å². The number of hydrogen-bond acceptors (Lipinski definition) is 6. The first kappa shape index (κ1) is 15.0. The Morgan fingerprint density at radius 1 is 1.55 bits per heavy atom. The molecule has 118 valence electrons. The standard InChI is InChI=1S/C14H17N3O5/c1-4-7-9(12(15)19)16-6-17(7)13-11-10(8(5-18)20-13)21-14(2,3)22-11/h1,6,8,10-11,13,18H,5H2,2-3H3,(H2,15,19)/t8-,10-,11-,13-/m1/s1. The number of nitrogens with two attached hydrogens (primary N) is 1. The zero-order chi connectivity index (χ0) is 16.1. The number of terminal acetylenes is 1. The van der Waals surface area contributed by atoms with Crippen LogP contribution in [0.5, 0.6) is 0 Å². The summed E-state index contributed by atoms with van der Waals surface area (Å²) in [6.07, 6.45) is 4.72. The summed E-state index contributed by atoms with van der Waals surface area (Å²) in [5.74, 6) is 0.881. The molecular weight excluding hydrogens is 290 g/mol. The maximum Gasteiger partial charge on any atom is 0.270 e. The summed E-state index contributed by atoms with van der Waals surface area (Å²) in [6, 6.07) is 0. The molecule has 2 saturated heterocycles. The van der Waals surface area contributed by atoms with Gasteiger partial charge in [0, 0.05) is 0 Å². The van der Waals surface area contributed by atoms with Crippen molar-refractivity contribution in [3.05, 3.63) is 17.7 Å². The highest BCUT2D eigenvalue weighted by atomic mass is 16.8. The summed E-state index contributed by atoms with van der Waals surface area (Å²) in [6.45, 7) is 3.34. The number of carbonyl (C=O) groups excluding carboxylic acids is 1. The van der Waals surface area contributed by atoms with Crippen LogP contribution in [0.2, 0.25) is 0 Å². The number of aromatic nitrogens is 2. The summed E-state index contributed by atoms with van der Waals surface area (Å²) in [4.78, 5) is 15.3. The third kappa shape index (κ3) is 2.19. The molecule has 0 aliphatic carbocycles. The summed E-state index contributed by atoms with van der Waals surface area (Å²) in [5, 5.41) is 9.47. The molecule has 0 spiro atoms. The van der Waals surface area contributed by atoms with Gasteiger partial charge in [-0.2, -0.15) is 0 Å². The number of rotatable bonds is 3. The maximum atomic E-state index is 11.4. The van der Waals surface area contributed by atoms with Gasteiger partial charge < -0.3 is 25.1 Å². The van der Waals surface area contributed by atoms with E-state index in [1.54, 1.807) is 13.8 Å². The maximum absolute atomic E-state index is 11.4. The van der Waals surface area contributed by atoms with Gasteiger partial charge in [0.2, 0.25) is 0 Å². The Hall–Kier alpha value is -1.92. The van der Waals surface area contributed by atoms with Crippen LogP contribution in [-0.4, -0.2) is 51.3 Å². The molecule has 0 aromatic carbocycles. The lowest BCUT2D eigenvalue weighted by molar-refractivity contribution is -0.200. The fourth-order valence-electron chi connectivity index (χ4n) is 2.91. The van der Waals surface area contributed by atoms with Crippen LogP contribution in [0.25, 0.3) is 0 Å². The number of aliphatic hydroxyl groups is 1. The molecule has 0 radical (unpaired) electrons. The van der Waals surface area contributed by atoms with Gasteiger partial charge in [-0.25, -0.2) is 4.98 Å². The number of fused-ring (bicyclic) bond motifs is 1. The molecule has 8 nitrogen and oxygen atoms in total. The van der Waals surface area contributed by atoms with Crippen LogP contribution >= 0.6 is 0 Å². The van der Waals surface area contributed by atoms with Crippen molar-refractivity contribution in [3.8, 4) is 12.3 Å². The monoisotopic (exact) mass is 307 g/mol. The number of primary amides is 1. The first-order valence-electron chi connectivity index (χ1n) is 6.83. The van der Waals surface area contributed by atoms with E-state index >= 15 is 0 Å². The summed E-state index contributed by atoms with van der Waals surface area (Å²) < 4.78 is 18.9. The van der Waals surface area contributed by atoms with Crippen LogP contribution in [0.1, 0.15) is 36.3 Å². The Morgan fingerprint density at radius 2 is 2.23 bits per heavy atom. The third-order valence-corrected chi connectivity index (χ3v) is 3.74. The molecule has 3 rings (SSSR count). The van der Waals surface area contributed by atoms with Crippen LogP contribution < -0.4 is 5.73 Å². The van der Waals surface area contributed by atoms with Crippen molar-refractivity contribution in [1.29, 1.82) is 0 Å². The first-order valence-corrected chi connectivity index (χ1v) is 6.83. The van der Waals surface area contributed by atoms with E-state index in [4.69, 9.17) is 26.4 Å². The largest absolute Gasteiger partial charge is 0.394 e. The molecule has 3 N–H and O–H groups in total. The number of ether oxygens (including phenoxy) is 3. The minimum absolute atomic E-state index is 0.00623. The molecule has 0 saturated carbocycles. The molecule has 1 aromatic rings. The van der Waals surface area contributed by atoms with Crippen molar-refractivity contribution >= 4 is 5.91 Å². The molecule has 0 bridgehead atoms. The lowest BCUT2D eigenvalue weighted by atomic mass is 10.1. The normalized spacial score (nSPS) is 32.6. The van der Waals surface area contributed by atoms with E-state index in [-0.39, 0.29) is 18.0 Å². The van der Waals surface area contributed by atoms with Crippen LogP contribution in [0, 0.1) is 12.3 Å². The van der Waals surface area contributed by atoms with Gasteiger partial charge in [-0.05, 0) is 19.8 Å². The van der Waals surface area contributed by atoms with E-state index in [1.165, 1.54) is 10.9 Å². The van der Waals surface area contributed by atoms with Crippen LogP contribution in [0.4, 0.5) is 0 Å². The Balaban J connectivity index is 1.99. The summed E-state index contributed by atoms with van der Waals surface area (Å²) >= 11 is 0. The lowest BCUT2D eigenvalue weighted by Gasteiger charge is -2.24. The number of hydrogen-bond donors (Lipinski definition) is 2. The second kappa shape index (κ2) is 5.07. The Labute approximate surface area is 127 Å². The molecule has 1 aromatic heterocycles. The van der Waals surface area contributed by atoms with E-state index in [9.17, 15) is 9.90 Å². The highest BCUT2D eigenvalue weighted by Crippen LogP contribution is 2.43. The van der Waals surface area contributed by atoms with Gasteiger partial charge in [-0.3, -0.25) is 9.36 Å². The molecule has 3 heterocycles. The van der Waals surface area contributed by atoms with E-state index in [1.807, 2.05) is 0 Å². The number of carbonyl (C=O) groups is 1. The predicted molar refractivity (Wildman–Crippen MR) is 73.5 cm³/mol. The minimum atomic E-state index is -0.797. The van der Waals surface area contributed by atoms with Gasteiger partial charge in [-0.15, -0.1) is 6.42 Å². The van der Waals surface area contributed by atoms with Gasteiger partial charge in [0.25, 0.3) is 5.91 Å². The second-order valence-corrected chi connectivity index (χ2v) is 5.67. The zero-order valence-electron chi connectivity index (χ0n) is 12.2. The molecule has 8 heteroatoms. The zero-order valence-corrected chi connectivity index (χ0v) is 12.2. The van der Waals surface area contributed by atoms with Crippen molar-refractivity contribution < 1.29 is 24.1 Å². The predicted octanol–water partition coefficient (Wildman–Crippen LogP) is -0.627. The van der Waals surface area contributed by atoms with E-state index in [0.29, 0.717) is 0 Å². The highest BCUT2D eigenvalue weighted by Gasteiger charge is 2.56. The van der Waals surface area contributed by atoms with E-state index in [2.05, 4.69) is 10.9 Å². The van der Waals surface area contributed by atoms with Crippen LogP contribution in [0.15, 0.2) is 6.33 Å². The number of amides is 1. The molecule has 0 unspecified atom stereocenters. The Bertz CT molecular complexity index is 647. The second-order valence-electron chi connectivity index (χ2n) is 5.67. The van der Waals surface area contributed by atoms with Crippen molar-refractivity contribution in [3.63, 3.8) is 0 Å². The SMILES string of the molecule is C#Cc1c(C(N)=O)ncn1[C@@H]1O[C@H](CO)[C@H]2OC(C)(C)O[C@H]21. The van der Waals surface area contributed by atoms with Crippen LogP contribution in [0.3, 0.4) is 0 Å². The summed E-state index contributed by atoms with van der Waals surface area (Å²) in [7, 11) is 0. The molecular formula is C14H17N3O5. The average Bonchev–Trinajstić information content (AvgIpc) is 3.08. The first-order chi connectivity index (χ1) is 10.4. The molecule has 2 fully saturated rings. The van der Waals surface area contributed by atoms with Crippen molar-refractivity contribution in [2.24, 2.45) is 5.73 Å². The Kier molecular flexibility index (Phi) is 3.45. The van der Waals surface area contributed by atoms with E-state index in [0.717, 1.165) is 0 Å². The quantitative estimate of drug-likeness (QED) is 0.720. The fourth-order valence-corrected chi connectivity index (χ4v) is 2.91.